The van der Waals surface area contributed by atoms with E-state index in [1.54, 1.807) is 29.2 Å². The second-order valence-electron chi connectivity index (χ2n) is 9.40. The van der Waals surface area contributed by atoms with E-state index in [-0.39, 0.29) is 19.0 Å². The lowest BCUT2D eigenvalue weighted by atomic mass is 10.0. The molecule has 1 aliphatic heterocycles. The van der Waals surface area contributed by atoms with Crippen molar-refractivity contribution < 1.29 is 28.3 Å². The predicted octanol–water partition coefficient (Wildman–Crippen LogP) is 3.53. The number of nitrogens with one attached hydrogen (secondary N) is 2. The third-order valence-electron chi connectivity index (χ3n) is 6.64. The minimum Gasteiger partial charge on any atom is -0.388 e. The molecule has 0 bridgehead atoms. The maximum absolute atomic E-state index is 14.0. The zero-order chi connectivity index (χ0) is 28.9. The average Bonchev–Trinajstić information content (AvgIpc) is 3.54. The van der Waals surface area contributed by atoms with Gasteiger partial charge in [0.05, 0.1) is 18.3 Å². The topological polar surface area (TPSA) is 127 Å². The third-order valence-corrected chi connectivity index (χ3v) is 6.64. The normalized spacial score (nSPS) is 17.1. The monoisotopic (exact) mass is 565 g/mol. The van der Waals surface area contributed by atoms with Crippen molar-refractivity contribution >= 4 is 11.8 Å². The van der Waals surface area contributed by atoms with Gasteiger partial charge in [0.25, 0.3) is 0 Å². The largest absolute Gasteiger partial charge is 0.388 e. The number of hydrogen-bond acceptors (Lipinski definition) is 8. The van der Waals surface area contributed by atoms with Gasteiger partial charge in [-0.15, -0.1) is 0 Å². The van der Waals surface area contributed by atoms with Crippen LogP contribution >= 0.6 is 0 Å². The fourth-order valence-corrected chi connectivity index (χ4v) is 4.58. The number of ether oxygens (including phenoxy) is 1. The fraction of sp³-hybridized carbons (Fsp3) is 0.286. The molecule has 5 rings (SSSR count). The maximum atomic E-state index is 14.0. The molecule has 0 unspecified atom stereocenters. The molecule has 11 nitrogen and oxygen atoms in total. The molecule has 1 saturated heterocycles. The number of aliphatic hydroxyl groups excluding tert-OH is 1. The lowest BCUT2D eigenvalue weighted by molar-refractivity contribution is -0.154. The number of para-hydroxylation sites is 1. The first-order chi connectivity index (χ1) is 19.9. The van der Waals surface area contributed by atoms with Gasteiger partial charge in [0.2, 0.25) is 0 Å². The first-order valence-corrected chi connectivity index (χ1v) is 12.9. The van der Waals surface area contributed by atoms with E-state index in [9.17, 15) is 18.7 Å². The van der Waals surface area contributed by atoms with Gasteiger partial charge >= 0.3 is 6.03 Å². The Morgan fingerprint density at radius 3 is 2.59 bits per heavy atom. The molecule has 3 N–H and O–H groups in total. The first-order valence-electron chi connectivity index (χ1n) is 12.9. The van der Waals surface area contributed by atoms with Gasteiger partial charge in [-0.3, -0.25) is 10.2 Å². The van der Waals surface area contributed by atoms with Crippen LogP contribution in [-0.2, 0) is 16.2 Å². The van der Waals surface area contributed by atoms with Crippen molar-refractivity contribution in [3.63, 3.8) is 0 Å². The molecule has 41 heavy (non-hydrogen) atoms. The lowest BCUT2D eigenvalue weighted by Crippen LogP contribution is -2.42. The van der Waals surface area contributed by atoms with Crippen LogP contribution in [0.15, 0.2) is 60.9 Å². The van der Waals surface area contributed by atoms with Crippen LogP contribution in [0.5, 0.6) is 0 Å². The first kappa shape index (κ1) is 28.2. The van der Waals surface area contributed by atoms with Gasteiger partial charge in [0.15, 0.2) is 17.5 Å². The average molecular weight is 566 g/mol. The van der Waals surface area contributed by atoms with Crippen LogP contribution in [0.4, 0.5) is 19.4 Å². The number of halogens is 2. The number of anilines is 1. The second kappa shape index (κ2) is 12.5. The summed E-state index contributed by atoms with van der Waals surface area (Å²) in [6.07, 6.45) is 2.36. The highest BCUT2D eigenvalue weighted by molar-refractivity contribution is 5.91. The van der Waals surface area contributed by atoms with Crippen molar-refractivity contribution in [3.05, 3.63) is 89.5 Å². The smallest absolute Gasteiger partial charge is 0.320 e. The number of aromatic nitrogens is 4. The lowest BCUT2D eigenvalue weighted by Gasteiger charge is -2.20. The van der Waals surface area contributed by atoms with Crippen LogP contribution in [0, 0.1) is 18.6 Å². The SMILES string of the molecule is COCCN1C[C@@H](NC(=O)Nc2c(C)c(-c3cnc(CO)nc3)nn2-c2ccccc2)[C@H](c2ccc(F)c(F)c2)O1. The van der Waals surface area contributed by atoms with E-state index in [2.05, 4.69) is 20.6 Å². The van der Waals surface area contributed by atoms with Crippen molar-refractivity contribution in [3.8, 4) is 16.9 Å². The Morgan fingerprint density at radius 1 is 1.15 bits per heavy atom. The molecule has 0 aliphatic carbocycles. The fourth-order valence-electron chi connectivity index (χ4n) is 4.58. The number of rotatable bonds is 9. The highest BCUT2D eigenvalue weighted by Gasteiger charge is 2.37. The quantitative estimate of drug-likeness (QED) is 0.281. The summed E-state index contributed by atoms with van der Waals surface area (Å²) in [5.74, 6) is -1.28. The standard InChI is InChI=1S/C28H29F2N7O4/c1-17-25(19-13-31-24(16-38)32-14-19)35-37(20-6-4-3-5-7-20)27(17)34-28(39)33-23-15-36(10-11-40-2)41-26(23)18-8-9-21(29)22(30)12-18/h3-9,12-14,23,26,38H,10-11,15-16H2,1-2H3,(H2,33,34,39)/t23-,26+/m1/s1. The predicted molar refractivity (Wildman–Crippen MR) is 145 cm³/mol. The molecule has 2 atom stereocenters. The van der Waals surface area contributed by atoms with Gasteiger partial charge in [0, 0.05) is 43.7 Å². The Kier molecular flexibility index (Phi) is 8.59. The summed E-state index contributed by atoms with van der Waals surface area (Å²) in [4.78, 5) is 27.7. The van der Waals surface area contributed by atoms with Crippen molar-refractivity contribution in [2.24, 2.45) is 0 Å². The second-order valence-corrected chi connectivity index (χ2v) is 9.40. The highest BCUT2D eigenvalue weighted by atomic mass is 19.2. The van der Waals surface area contributed by atoms with E-state index in [1.807, 2.05) is 37.3 Å². The van der Waals surface area contributed by atoms with Crippen LogP contribution in [-0.4, -0.2) is 68.8 Å². The van der Waals surface area contributed by atoms with Gasteiger partial charge < -0.3 is 15.2 Å². The van der Waals surface area contributed by atoms with Gasteiger partial charge in [-0.1, -0.05) is 24.3 Å². The Balaban J connectivity index is 1.42. The molecule has 4 aromatic rings. The number of methoxy groups -OCH3 is 1. The summed E-state index contributed by atoms with van der Waals surface area (Å²) in [7, 11) is 1.56. The minimum absolute atomic E-state index is 0.278. The molecular formula is C28H29F2N7O4. The molecule has 3 heterocycles. The maximum Gasteiger partial charge on any atom is 0.320 e. The number of benzene rings is 2. The van der Waals surface area contributed by atoms with Crippen LogP contribution in [0.3, 0.4) is 0 Å². The molecule has 13 heteroatoms. The van der Waals surface area contributed by atoms with Crippen LogP contribution in [0.25, 0.3) is 16.9 Å². The van der Waals surface area contributed by atoms with E-state index >= 15 is 0 Å². The number of carbonyl (C=O) groups excluding carboxylic acids is 1. The Labute approximate surface area is 234 Å². The van der Waals surface area contributed by atoms with Crippen molar-refractivity contribution in [2.45, 2.75) is 25.7 Å². The molecule has 2 aromatic heterocycles. The number of urea groups is 1. The molecule has 1 aliphatic rings. The van der Waals surface area contributed by atoms with Crippen LogP contribution < -0.4 is 10.6 Å². The number of aliphatic hydroxyl groups is 1. The van der Waals surface area contributed by atoms with Crippen molar-refractivity contribution in [1.29, 1.82) is 0 Å². The van der Waals surface area contributed by atoms with E-state index in [0.717, 1.165) is 12.1 Å². The van der Waals surface area contributed by atoms with Crippen LogP contribution in [0.1, 0.15) is 23.1 Å². The van der Waals surface area contributed by atoms with Crippen LogP contribution in [0.2, 0.25) is 0 Å². The van der Waals surface area contributed by atoms with E-state index in [4.69, 9.17) is 14.7 Å². The number of hydroxylamine groups is 2. The van der Waals surface area contributed by atoms with Crippen molar-refractivity contribution in [2.75, 3.05) is 32.1 Å². The summed E-state index contributed by atoms with van der Waals surface area (Å²) in [5, 5.41) is 21.5. The van der Waals surface area contributed by atoms with E-state index < -0.39 is 29.8 Å². The Bertz CT molecular complexity index is 1500. The summed E-state index contributed by atoms with van der Waals surface area (Å²) in [6, 6.07) is 11.7. The molecule has 2 amide bonds. The summed E-state index contributed by atoms with van der Waals surface area (Å²) in [5.41, 5.74) is 2.90. The van der Waals surface area contributed by atoms with Gasteiger partial charge in [0.1, 0.15) is 24.2 Å². The van der Waals surface area contributed by atoms with Gasteiger partial charge in [-0.05, 0) is 36.8 Å². The molecule has 0 saturated carbocycles. The minimum atomic E-state index is -1.00. The zero-order valence-corrected chi connectivity index (χ0v) is 22.4. The van der Waals surface area contributed by atoms with Gasteiger partial charge in [-0.2, -0.15) is 10.2 Å². The third kappa shape index (κ3) is 6.23. The molecular weight excluding hydrogens is 536 g/mol. The zero-order valence-electron chi connectivity index (χ0n) is 22.4. The molecule has 0 radical (unpaired) electrons. The molecule has 1 fully saturated rings. The summed E-state index contributed by atoms with van der Waals surface area (Å²) >= 11 is 0. The highest BCUT2D eigenvalue weighted by Crippen LogP contribution is 2.32. The summed E-state index contributed by atoms with van der Waals surface area (Å²) < 4.78 is 34.4. The van der Waals surface area contributed by atoms with E-state index in [0.29, 0.717) is 47.0 Å². The number of nitrogens with zero attached hydrogens (tertiary/aromatic N) is 5. The number of carbonyl (C=O) groups is 1. The molecule has 0 spiro atoms. The summed E-state index contributed by atoms with van der Waals surface area (Å²) in [6.45, 7) is 2.61. The molecule has 214 valence electrons. The van der Waals surface area contributed by atoms with Crippen molar-refractivity contribution in [1.82, 2.24) is 30.1 Å². The molecule has 2 aromatic carbocycles. The number of amides is 2. The number of hydrogen-bond donors (Lipinski definition) is 3. The Morgan fingerprint density at radius 2 is 1.90 bits per heavy atom. The van der Waals surface area contributed by atoms with Gasteiger partial charge in [-0.25, -0.2) is 28.2 Å². The van der Waals surface area contributed by atoms with E-state index in [1.165, 1.54) is 6.07 Å². The Hall–Kier alpha value is -4.30.